The molecule has 0 atom stereocenters. The van der Waals surface area contributed by atoms with Crippen LogP contribution >= 0.6 is 0 Å². The number of nitrogen functional groups attached to an aromatic ring is 1. The average molecular weight is 301 g/mol. The fourth-order valence-corrected chi connectivity index (χ4v) is 3.60. The number of nitrogens with zero attached hydrogens (tertiary/aromatic N) is 1. The maximum absolute atomic E-state index is 12.7. The molecule has 0 unspecified atom stereocenters. The molecule has 5 nitrogen and oxygen atoms in total. The van der Waals surface area contributed by atoms with Gasteiger partial charge < -0.3 is 10.7 Å². The number of rotatable bonds is 2. The third-order valence-electron chi connectivity index (χ3n) is 5.00. The highest BCUT2D eigenvalue weighted by molar-refractivity contribution is 5.80. The first-order valence-electron chi connectivity index (χ1n) is 8.01. The van der Waals surface area contributed by atoms with Crippen LogP contribution in [-0.2, 0) is 0 Å². The lowest BCUT2D eigenvalue weighted by Gasteiger charge is -2.31. The summed E-state index contributed by atoms with van der Waals surface area (Å²) in [5.74, 6) is 1.36. The van der Waals surface area contributed by atoms with E-state index in [0.717, 1.165) is 25.7 Å². The minimum absolute atomic E-state index is 0.00270. The van der Waals surface area contributed by atoms with Gasteiger partial charge in [-0.25, -0.2) is 4.79 Å². The van der Waals surface area contributed by atoms with E-state index in [0.29, 0.717) is 28.4 Å². The van der Waals surface area contributed by atoms with E-state index in [-0.39, 0.29) is 17.3 Å². The van der Waals surface area contributed by atoms with Crippen LogP contribution in [0.3, 0.4) is 0 Å². The zero-order valence-electron chi connectivity index (χ0n) is 13.1. The molecule has 2 aromatic rings. The molecule has 0 saturated heterocycles. The maximum atomic E-state index is 12.7. The summed E-state index contributed by atoms with van der Waals surface area (Å²) in [6, 6.07) is 5.02. The number of nitrogens with two attached hydrogens (primary N) is 1. The van der Waals surface area contributed by atoms with Crippen LogP contribution in [0.15, 0.2) is 27.8 Å². The third-order valence-corrected chi connectivity index (χ3v) is 5.00. The molecule has 0 aliphatic heterocycles. The molecular weight excluding hydrogens is 278 g/mol. The lowest BCUT2D eigenvalue weighted by Crippen LogP contribution is -2.39. The zero-order valence-corrected chi connectivity index (χ0v) is 13.1. The topological polar surface area (TPSA) is 80.9 Å². The number of H-pyrrole nitrogens is 1. The van der Waals surface area contributed by atoms with E-state index in [9.17, 15) is 9.59 Å². The molecule has 0 bridgehead atoms. The fraction of sp³-hybridized carbons (Fsp3) is 0.529. The molecule has 1 aliphatic carbocycles. The summed E-state index contributed by atoms with van der Waals surface area (Å²) in [6.07, 6.45) is 3.92. The molecule has 1 heterocycles. The van der Waals surface area contributed by atoms with E-state index >= 15 is 0 Å². The Morgan fingerprint density at radius 2 is 1.86 bits per heavy atom. The molecule has 0 radical (unpaired) electrons. The summed E-state index contributed by atoms with van der Waals surface area (Å²) in [5, 5.41) is 0.491. The van der Waals surface area contributed by atoms with Crippen LogP contribution in [-0.4, -0.2) is 9.55 Å². The van der Waals surface area contributed by atoms with Crippen LogP contribution < -0.4 is 17.0 Å². The Morgan fingerprint density at radius 3 is 2.50 bits per heavy atom. The van der Waals surface area contributed by atoms with Crippen molar-refractivity contribution in [2.24, 2.45) is 11.8 Å². The average Bonchev–Trinajstić information content (AvgIpc) is 2.49. The number of benzene rings is 1. The van der Waals surface area contributed by atoms with Crippen LogP contribution in [0, 0.1) is 11.8 Å². The van der Waals surface area contributed by atoms with E-state index in [1.54, 1.807) is 18.2 Å². The van der Waals surface area contributed by atoms with Gasteiger partial charge in [0.05, 0.1) is 10.9 Å². The van der Waals surface area contributed by atoms with Gasteiger partial charge in [-0.05, 0) is 55.7 Å². The normalized spacial score (nSPS) is 22.3. The van der Waals surface area contributed by atoms with Gasteiger partial charge in [-0.3, -0.25) is 9.36 Å². The number of anilines is 1. The number of aromatic amines is 1. The van der Waals surface area contributed by atoms with Gasteiger partial charge in [0.2, 0.25) is 0 Å². The first-order chi connectivity index (χ1) is 10.5. The van der Waals surface area contributed by atoms with Crippen LogP contribution in [0.4, 0.5) is 5.69 Å². The molecule has 1 aromatic heterocycles. The fourth-order valence-electron chi connectivity index (χ4n) is 3.60. The van der Waals surface area contributed by atoms with Gasteiger partial charge in [-0.15, -0.1) is 0 Å². The molecule has 0 amide bonds. The van der Waals surface area contributed by atoms with E-state index in [1.807, 2.05) is 0 Å². The van der Waals surface area contributed by atoms with Crippen LogP contribution in [0.5, 0.6) is 0 Å². The Balaban J connectivity index is 2.01. The lowest BCUT2D eigenvalue weighted by molar-refractivity contribution is 0.220. The zero-order chi connectivity index (χ0) is 15.9. The Bertz CT molecular complexity index is 796. The van der Waals surface area contributed by atoms with E-state index in [2.05, 4.69) is 18.8 Å². The van der Waals surface area contributed by atoms with Crippen LogP contribution in [0.25, 0.3) is 10.9 Å². The van der Waals surface area contributed by atoms with Crippen molar-refractivity contribution in [3.05, 3.63) is 39.0 Å². The highest BCUT2D eigenvalue weighted by Gasteiger charge is 2.26. The molecule has 118 valence electrons. The smallest absolute Gasteiger partial charge is 0.329 e. The van der Waals surface area contributed by atoms with Gasteiger partial charge in [0, 0.05) is 11.7 Å². The number of fused-ring (bicyclic) bond motifs is 1. The van der Waals surface area contributed by atoms with Crippen molar-refractivity contribution in [2.75, 3.05) is 5.73 Å². The monoisotopic (exact) mass is 301 g/mol. The summed E-state index contributed by atoms with van der Waals surface area (Å²) in [7, 11) is 0. The molecule has 1 fully saturated rings. The Labute approximate surface area is 129 Å². The largest absolute Gasteiger partial charge is 0.399 e. The van der Waals surface area contributed by atoms with Crippen LogP contribution in [0.1, 0.15) is 45.6 Å². The molecule has 22 heavy (non-hydrogen) atoms. The second kappa shape index (κ2) is 5.63. The minimum Gasteiger partial charge on any atom is -0.399 e. The maximum Gasteiger partial charge on any atom is 0.329 e. The predicted octanol–water partition coefficient (Wildman–Crippen LogP) is 2.66. The summed E-state index contributed by atoms with van der Waals surface area (Å²) < 4.78 is 1.40. The first kappa shape index (κ1) is 14.9. The standard InChI is InChI=1S/C17H23N3O2/c1-10(2)11-3-6-13(7-4-11)20-16(21)14-9-12(18)5-8-15(14)19-17(20)22/h5,8-11,13H,3-4,6-7,18H2,1-2H3,(H,19,22)/t11-,13-. The summed E-state index contributed by atoms with van der Waals surface area (Å²) in [4.78, 5) is 27.8. The molecule has 3 rings (SSSR count). The predicted molar refractivity (Wildman–Crippen MR) is 89.1 cm³/mol. The van der Waals surface area contributed by atoms with Gasteiger partial charge in [0.25, 0.3) is 5.56 Å². The second-order valence-electron chi connectivity index (χ2n) is 6.72. The van der Waals surface area contributed by atoms with Crippen molar-refractivity contribution in [3.8, 4) is 0 Å². The van der Waals surface area contributed by atoms with Crippen molar-refractivity contribution in [3.63, 3.8) is 0 Å². The third kappa shape index (κ3) is 2.56. The Hall–Kier alpha value is -2.04. The number of hydrogen-bond acceptors (Lipinski definition) is 3. The second-order valence-corrected chi connectivity index (χ2v) is 6.72. The van der Waals surface area contributed by atoms with Crippen molar-refractivity contribution in [1.29, 1.82) is 0 Å². The van der Waals surface area contributed by atoms with Crippen molar-refractivity contribution in [1.82, 2.24) is 9.55 Å². The Morgan fingerprint density at radius 1 is 1.18 bits per heavy atom. The van der Waals surface area contributed by atoms with Gasteiger partial charge in [-0.1, -0.05) is 13.8 Å². The van der Waals surface area contributed by atoms with E-state index in [1.165, 1.54) is 4.57 Å². The molecule has 0 spiro atoms. The first-order valence-corrected chi connectivity index (χ1v) is 8.01. The van der Waals surface area contributed by atoms with Crippen molar-refractivity contribution >= 4 is 16.6 Å². The molecule has 1 aliphatic rings. The van der Waals surface area contributed by atoms with Gasteiger partial charge >= 0.3 is 5.69 Å². The number of hydrogen-bond donors (Lipinski definition) is 2. The number of aromatic nitrogens is 2. The SMILES string of the molecule is CC(C)[C@H]1CC[C@H](n2c(=O)[nH]c3ccc(N)cc3c2=O)CC1. The Kier molecular flexibility index (Phi) is 3.81. The lowest BCUT2D eigenvalue weighted by atomic mass is 9.79. The van der Waals surface area contributed by atoms with Gasteiger partial charge in [0.15, 0.2) is 0 Å². The molecule has 1 aromatic carbocycles. The molecule has 1 saturated carbocycles. The quantitative estimate of drug-likeness (QED) is 0.837. The van der Waals surface area contributed by atoms with Gasteiger partial charge in [-0.2, -0.15) is 0 Å². The summed E-state index contributed by atoms with van der Waals surface area (Å²) in [5.41, 5.74) is 6.32. The molecule has 5 heteroatoms. The van der Waals surface area contributed by atoms with E-state index in [4.69, 9.17) is 5.73 Å². The summed E-state index contributed by atoms with van der Waals surface area (Å²) >= 11 is 0. The number of nitrogens with one attached hydrogen (secondary N) is 1. The van der Waals surface area contributed by atoms with Crippen molar-refractivity contribution < 1.29 is 0 Å². The highest BCUT2D eigenvalue weighted by atomic mass is 16.2. The van der Waals surface area contributed by atoms with Gasteiger partial charge in [0.1, 0.15) is 0 Å². The van der Waals surface area contributed by atoms with Crippen molar-refractivity contribution in [2.45, 2.75) is 45.6 Å². The summed E-state index contributed by atoms with van der Waals surface area (Å²) in [6.45, 7) is 4.48. The molecule has 3 N–H and O–H groups in total. The minimum atomic E-state index is -0.310. The van der Waals surface area contributed by atoms with Crippen LogP contribution in [0.2, 0.25) is 0 Å². The highest BCUT2D eigenvalue weighted by Crippen LogP contribution is 2.34. The van der Waals surface area contributed by atoms with E-state index < -0.39 is 0 Å². The molecular formula is C17H23N3O2.